The third-order valence-corrected chi connectivity index (χ3v) is 4.86. The lowest BCUT2D eigenvalue weighted by Gasteiger charge is -2.23. The van der Waals surface area contributed by atoms with E-state index in [9.17, 15) is 0 Å². The van der Waals surface area contributed by atoms with Crippen molar-refractivity contribution in [3.05, 3.63) is 84.0 Å². The van der Waals surface area contributed by atoms with Gasteiger partial charge in [-0.3, -0.25) is 0 Å². The summed E-state index contributed by atoms with van der Waals surface area (Å²) in [6.07, 6.45) is 12.3. The fourth-order valence-electron chi connectivity index (χ4n) is 3.53. The number of fused-ring (bicyclic) bond motifs is 1. The smallest absolute Gasteiger partial charge is 0.0181 e. The van der Waals surface area contributed by atoms with Crippen LogP contribution in [0.15, 0.2) is 67.3 Å². The zero-order chi connectivity index (χ0) is 16.1. The summed E-state index contributed by atoms with van der Waals surface area (Å²) < 4.78 is 0. The van der Waals surface area contributed by atoms with Crippen molar-refractivity contribution in [3.63, 3.8) is 0 Å². The molecule has 1 unspecified atom stereocenters. The zero-order valence-electron chi connectivity index (χ0n) is 14.1. The van der Waals surface area contributed by atoms with Gasteiger partial charge in [0.15, 0.2) is 0 Å². The van der Waals surface area contributed by atoms with Gasteiger partial charge in [-0.15, -0.1) is 6.58 Å². The predicted octanol–water partition coefficient (Wildman–Crippen LogP) is 6.15. The van der Waals surface area contributed by atoms with Crippen LogP contribution in [0.25, 0.3) is 11.1 Å². The third kappa shape index (κ3) is 3.82. The fraction of sp³-hybridized carbons (Fsp3) is 0.304. The van der Waals surface area contributed by atoms with Crippen LogP contribution in [0.4, 0.5) is 0 Å². The molecule has 118 valence electrons. The Kier molecular flexibility index (Phi) is 5.12. The van der Waals surface area contributed by atoms with Gasteiger partial charge in [-0.25, -0.2) is 0 Å². The summed E-state index contributed by atoms with van der Waals surface area (Å²) in [6, 6.07) is 16.0. The summed E-state index contributed by atoms with van der Waals surface area (Å²) in [5, 5.41) is 0. The molecular weight excluding hydrogens is 276 g/mol. The maximum absolute atomic E-state index is 3.79. The third-order valence-electron chi connectivity index (χ3n) is 4.86. The van der Waals surface area contributed by atoms with Crippen LogP contribution in [0.2, 0.25) is 0 Å². The number of aryl methyl sites for hydroxylation is 2. The van der Waals surface area contributed by atoms with Gasteiger partial charge in [-0.1, -0.05) is 60.7 Å². The van der Waals surface area contributed by atoms with E-state index in [4.69, 9.17) is 0 Å². The Labute approximate surface area is 140 Å². The normalized spacial score (nSPS) is 17.2. The quantitative estimate of drug-likeness (QED) is 0.581. The Hall–Kier alpha value is -2.08. The second kappa shape index (κ2) is 7.46. The Bertz CT molecular complexity index is 688. The lowest BCUT2D eigenvalue weighted by Crippen LogP contribution is -2.12. The molecule has 3 rings (SSSR count). The average molecular weight is 302 g/mol. The monoisotopic (exact) mass is 302 g/mol. The van der Waals surface area contributed by atoms with Crippen LogP contribution in [0.5, 0.6) is 0 Å². The van der Waals surface area contributed by atoms with Gasteiger partial charge in [0.05, 0.1) is 0 Å². The topological polar surface area (TPSA) is 0 Å². The van der Waals surface area contributed by atoms with E-state index in [1.807, 2.05) is 6.08 Å². The highest BCUT2D eigenvalue weighted by Gasteiger charge is 2.16. The first-order valence-electron chi connectivity index (χ1n) is 8.75. The predicted molar refractivity (Wildman–Crippen MR) is 101 cm³/mol. The van der Waals surface area contributed by atoms with Crippen LogP contribution < -0.4 is 0 Å². The van der Waals surface area contributed by atoms with Gasteiger partial charge in [0.25, 0.3) is 0 Å². The first-order valence-corrected chi connectivity index (χ1v) is 8.75. The van der Waals surface area contributed by atoms with E-state index < -0.39 is 0 Å². The molecule has 0 nitrogen and oxygen atoms in total. The molecule has 0 heterocycles. The standard InChI is InChI=1S/C23H26/c1-3-5-7-18-8-11-20(12-9-18)22-15-14-21-16-19(6-4-2)10-13-23(21)17-22/h3-4,6,8-9,11-12,14-15,17,19H,1,5,7,10,13,16H2,2H3/b6-4+. The molecule has 0 bridgehead atoms. The minimum absolute atomic E-state index is 0.725. The molecule has 0 fully saturated rings. The molecular formula is C23H26. The summed E-state index contributed by atoms with van der Waals surface area (Å²) >= 11 is 0. The highest BCUT2D eigenvalue weighted by atomic mass is 14.2. The van der Waals surface area contributed by atoms with Crippen molar-refractivity contribution in [1.29, 1.82) is 0 Å². The fourth-order valence-corrected chi connectivity index (χ4v) is 3.53. The number of hydrogen-bond acceptors (Lipinski definition) is 0. The Balaban J connectivity index is 1.78. The SMILES string of the molecule is C=CCCc1ccc(-c2ccc3c(c2)CCC(/C=C/C)C3)cc1. The molecule has 0 amide bonds. The summed E-state index contributed by atoms with van der Waals surface area (Å²) in [7, 11) is 0. The molecule has 2 aromatic rings. The second-order valence-corrected chi connectivity index (χ2v) is 6.54. The van der Waals surface area contributed by atoms with Gasteiger partial charge in [0.1, 0.15) is 0 Å². The Morgan fingerprint density at radius 1 is 1.04 bits per heavy atom. The van der Waals surface area contributed by atoms with Gasteiger partial charge in [-0.05, 0) is 72.8 Å². The number of hydrogen-bond donors (Lipinski definition) is 0. The van der Waals surface area contributed by atoms with Crippen LogP contribution in [0.1, 0.15) is 36.5 Å². The Morgan fingerprint density at radius 2 is 1.83 bits per heavy atom. The highest BCUT2D eigenvalue weighted by molar-refractivity contribution is 5.65. The van der Waals surface area contributed by atoms with Crippen molar-refractivity contribution >= 4 is 0 Å². The van der Waals surface area contributed by atoms with Crippen LogP contribution >= 0.6 is 0 Å². The lowest BCUT2D eigenvalue weighted by molar-refractivity contribution is 0.553. The Morgan fingerprint density at radius 3 is 2.57 bits per heavy atom. The maximum atomic E-state index is 3.79. The van der Waals surface area contributed by atoms with Gasteiger partial charge in [0.2, 0.25) is 0 Å². The van der Waals surface area contributed by atoms with E-state index in [2.05, 4.69) is 68.1 Å². The molecule has 0 aromatic heterocycles. The minimum Gasteiger partial charge on any atom is -0.103 e. The second-order valence-electron chi connectivity index (χ2n) is 6.54. The molecule has 1 aliphatic rings. The molecule has 1 atom stereocenters. The van der Waals surface area contributed by atoms with Crippen LogP contribution in [-0.2, 0) is 19.3 Å². The van der Waals surface area contributed by atoms with Crippen molar-refractivity contribution in [2.45, 2.75) is 39.0 Å². The minimum atomic E-state index is 0.725. The van der Waals surface area contributed by atoms with E-state index in [1.165, 1.54) is 41.5 Å². The van der Waals surface area contributed by atoms with E-state index in [-0.39, 0.29) is 0 Å². The first-order chi connectivity index (χ1) is 11.3. The molecule has 23 heavy (non-hydrogen) atoms. The average Bonchev–Trinajstić information content (AvgIpc) is 2.60. The van der Waals surface area contributed by atoms with Gasteiger partial charge in [0, 0.05) is 0 Å². The highest BCUT2D eigenvalue weighted by Crippen LogP contribution is 2.30. The number of rotatable bonds is 5. The van der Waals surface area contributed by atoms with E-state index >= 15 is 0 Å². The van der Waals surface area contributed by atoms with Crippen LogP contribution in [0, 0.1) is 5.92 Å². The molecule has 0 spiro atoms. The van der Waals surface area contributed by atoms with E-state index in [0.717, 1.165) is 18.8 Å². The lowest BCUT2D eigenvalue weighted by atomic mass is 9.82. The molecule has 1 aliphatic carbocycles. The molecule has 0 saturated carbocycles. The summed E-state index contributed by atoms with van der Waals surface area (Å²) in [5.41, 5.74) is 7.14. The van der Waals surface area contributed by atoms with Gasteiger partial charge in [-0.2, -0.15) is 0 Å². The van der Waals surface area contributed by atoms with E-state index in [1.54, 1.807) is 5.56 Å². The first kappa shape index (κ1) is 15.8. The number of allylic oxidation sites excluding steroid dienone is 3. The van der Waals surface area contributed by atoms with Gasteiger partial charge >= 0.3 is 0 Å². The van der Waals surface area contributed by atoms with Crippen molar-refractivity contribution in [2.75, 3.05) is 0 Å². The van der Waals surface area contributed by atoms with Gasteiger partial charge < -0.3 is 0 Å². The molecule has 0 saturated heterocycles. The van der Waals surface area contributed by atoms with Crippen molar-refractivity contribution < 1.29 is 0 Å². The van der Waals surface area contributed by atoms with Crippen molar-refractivity contribution in [3.8, 4) is 11.1 Å². The molecule has 2 aromatic carbocycles. The zero-order valence-corrected chi connectivity index (χ0v) is 14.1. The van der Waals surface area contributed by atoms with Crippen LogP contribution in [0.3, 0.4) is 0 Å². The molecule has 0 radical (unpaired) electrons. The maximum Gasteiger partial charge on any atom is -0.0181 e. The summed E-state index contributed by atoms with van der Waals surface area (Å²) in [5.74, 6) is 0.725. The van der Waals surface area contributed by atoms with E-state index in [0.29, 0.717) is 0 Å². The largest absolute Gasteiger partial charge is 0.103 e. The molecule has 0 heteroatoms. The van der Waals surface area contributed by atoms with Crippen LogP contribution in [-0.4, -0.2) is 0 Å². The molecule has 0 N–H and O–H groups in total. The molecule has 0 aliphatic heterocycles. The number of benzene rings is 2. The summed E-state index contributed by atoms with van der Waals surface area (Å²) in [6.45, 7) is 5.92. The van der Waals surface area contributed by atoms with Crippen molar-refractivity contribution in [2.24, 2.45) is 5.92 Å². The van der Waals surface area contributed by atoms with Crippen molar-refractivity contribution in [1.82, 2.24) is 0 Å². The summed E-state index contributed by atoms with van der Waals surface area (Å²) in [4.78, 5) is 0.